The summed E-state index contributed by atoms with van der Waals surface area (Å²) in [5, 5.41) is 0.165. The van der Waals surface area contributed by atoms with E-state index in [9.17, 15) is 13.2 Å². The number of nitrogens with one attached hydrogen (secondary N) is 1. The molecule has 1 aliphatic rings. The van der Waals surface area contributed by atoms with Crippen LogP contribution in [0.5, 0.6) is 5.75 Å². The number of rotatable bonds is 3. The van der Waals surface area contributed by atoms with Gasteiger partial charge in [-0.2, -0.15) is 0 Å². The van der Waals surface area contributed by atoms with Crippen molar-refractivity contribution in [2.24, 2.45) is 0 Å². The molecule has 3 rings (SSSR count). The number of sulfonamides is 1. The number of carbonyl (C=O) groups is 1. The lowest BCUT2D eigenvalue weighted by Crippen LogP contribution is -2.42. The van der Waals surface area contributed by atoms with Crippen molar-refractivity contribution in [1.29, 1.82) is 0 Å². The highest BCUT2D eigenvalue weighted by atomic mass is 35.5. The number of carbonyl (C=O) groups excluding carboxylic acids is 1. The SMILES string of the molecule is C[C@H]1c2ccccc2O[C@@H]1C(=O)NS(=O)(=O)c1cncc(Cl)c1. The van der Waals surface area contributed by atoms with E-state index in [2.05, 4.69) is 4.98 Å². The van der Waals surface area contributed by atoms with E-state index in [1.165, 1.54) is 12.3 Å². The van der Waals surface area contributed by atoms with Gasteiger partial charge in [0, 0.05) is 23.9 Å². The molecule has 23 heavy (non-hydrogen) atoms. The lowest BCUT2D eigenvalue weighted by molar-refractivity contribution is -0.126. The topological polar surface area (TPSA) is 85.4 Å². The number of amides is 1. The van der Waals surface area contributed by atoms with Crippen LogP contribution in [-0.2, 0) is 14.8 Å². The monoisotopic (exact) mass is 352 g/mol. The smallest absolute Gasteiger partial charge is 0.275 e. The maximum atomic E-state index is 12.3. The van der Waals surface area contributed by atoms with E-state index in [4.69, 9.17) is 16.3 Å². The molecule has 1 aromatic heterocycles. The highest BCUT2D eigenvalue weighted by Crippen LogP contribution is 2.37. The van der Waals surface area contributed by atoms with Crippen LogP contribution in [0.4, 0.5) is 0 Å². The van der Waals surface area contributed by atoms with E-state index in [0.717, 1.165) is 11.8 Å². The normalized spacial score (nSPS) is 19.7. The molecule has 0 saturated carbocycles. The van der Waals surface area contributed by atoms with Crippen molar-refractivity contribution in [2.45, 2.75) is 23.8 Å². The Balaban J connectivity index is 1.80. The van der Waals surface area contributed by atoms with Gasteiger partial charge in [0.05, 0.1) is 5.02 Å². The molecule has 0 radical (unpaired) electrons. The van der Waals surface area contributed by atoms with Crippen LogP contribution in [0.1, 0.15) is 18.4 Å². The van der Waals surface area contributed by atoms with Gasteiger partial charge in [-0.15, -0.1) is 0 Å². The van der Waals surface area contributed by atoms with Crippen LogP contribution in [0.2, 0.25) is 5.02 Å². The first kappa shape index (κ1) is 15.8. The Morgan fingerprint density at radius 1 is 1.30 bits per heavy atom. The molecule has 0 spiro atoms. The minimum Gasteiger partial charge on any atom is -0.480 e. The Morgan fingerprint density at radius 3 is 2.74 bits per heavy atom. The summed E-state index contributed by atoms with van der Waals surface area (Å²) in [6.45, 7) is 1.81. The fourth-order valence-corrected chi connectivity index (χ4v) is 3.65. The molecule has 2 heterocycles. The Kier molecular flexibility index (Phi) is 3.99. The van der Waals surface area contributed by atoms with Crippen molar-refractivity contribution in [2.75, 3.05) is 0 Å². The Bertz CT molecular complexity index is 869. The first-order chi connectivity index (χ1) is 10.9. The fourth-order valence-electron chi connectivity index (χ4n) is 2.44. The van der Waals surface area contributed by atoms with E-state index in [1.807, 2.05) is 23.8 Å². The van der Waals surface area contributed by atoms with Crippen LogP contribution in [0.3, 0.4) is 0 Å². The number of para-hydroxylation sites is 1. The summed E-state index contributed by atoms with van der Waals surface area (Å²) in [5.41, 5.74) is 0.870. The Hall–Kier alpha value is -2.12. The average Bonchev–Trinajstić information content (AvgIpc) is 2.85. The number of hydrogen-bond donors (Lipinski definition) is 1. The second kappa shape index (κ2) is 5.82. The second-order valence-electron chi connectivity index (χ2n) is 5.17. The third-order valence-corrected chi connectivity index (χ3v) is 5.12. The molecule has 1 amide bonds. The number of hydrogen-bond acceptors (Lipinski definition) is 5. The number of pyridine rings is 1. The maximum absolute atomic E-state index is 12.3. The van der Waals surface area contributed by atoms with E-state index in [1.54, 1.807) is 12.1 Å². The molecule has 0 unspecified atom stereocenters. The highest BCUT2D eigenvalue weighted by molar-refractivity contribution is 7.90. The predicted molar refractivity (Wildman–Crippen MR) is 83.8 cm³/mol. The van der Waals surface area contributed by atoms with E-state index < -0.39 is 22.0 Å². The van der Waals surface area contributed by atoms with Crippen LogP contribution in [0.25, 0.3) is 0 Å². The van der Waals surface area contributed by atoms with Crippen molar-refractivity contribution in [3.8, 4) is 5.75 Å². The number of benzene rings is 1. The minimum absolute atomic E-state index is 0.165. The largest absolute Gasteiger partial charge is 0.480 e. The van der Waals surface area contributed by atoms with E-state index in [0.29, 0.717) is 5.75 Å². The van der Waals surface area contributed by atoms with Gasteiger partial charge in [-0.3, -0.25) is 9.78 Å². The summed E-state index contributed by atoms with van der Waals surface area (Å²) in [7, 11) is -4.06. The molecule has 1 N–H and O–H groups in total. The quantitative estimate of drug-likeness (QED) is 0.914. The van der Waals surface area contributed by atoms with Gasteiger partial charge in [0.25, 0.3) is 15.9 Å². The lowest BCUT2D eigenvalue weighted by atomic mass is 9.97. The molecule has 120 valence electrons. The molecule has 0 fully saturated rings. The van der Waals surface area contributed by atoms with Crippen LogP contribution in [-0.4, -0.2) is 25.4 Å². The van der Waals surface area contributed by atoms with Gasteiger partial charge in [-0.05, 0) is 12.1 Å². The van der Waals surface area contributed by atoms with Gasteiger partial charge >= 0.3 is 0 Å². The van der Waals surface area contributed by atoms with Crippen molar-refractivity contribution < 1.29 is 17.9 Å². The molecule has 0 bridgehead atoms. The summed E-state index contributed by atoms with van der Waals surface area (Å²) in [6.07, 6.45) is 1.52. The van der Waals surface area contributed by atoms with Gasteiger partial charge in [0.1, 0.15) is 10.6 Å². The van der Waals surface area contributed by atoms with Crippen LogP contribution in [0, 0.1) is 0 Å². The summed E-state index contributed by atoms with van der Waals surface area (Å²) in [5.74, 6) is -0.394. The number of nitrogens with zero attached hydrogens (tertiary/aromatic N) is 1. The third kappa shape index (κ3) is 3.02. The zero-order chi connectivity index (χ0) is 16.6. The molecule has 8 heteroatoms. The molecular formula is C15H13ClN2O4S. The summed E-state index contributed by atoms with van der Waals surface area (Å²) < 4.78 is 32.1. The van der Waals surface area contributed by atoms with Crippen molar-refractivity contribution >= 4 is 27.5 Å². The Morgan fingerprint density at radius 2 is 2.04 bits per heavy atom. The zero-order valence-electron chi connectivity index (χ0n) is 12.1. The number of fused-ring (bicyclic) bond motifs is 1. The van der Waals surface area contributed by atoms with Gasteiger partial charge in [0.2, 0.25) is 0 Å². The lowest BCUT2D eigenvalue weighted by Gasteiger charge is -2.15. The number of ether oxygens (including phenoxy) is 1. The highest BCUT2D eigenvalue weighted by Gasteiger charge is 2.37. The maximum Gasteiger partial charge on any atom is 0.275 e. The standard InChI is InChI=1S/C15H13ClN2O4S/c1-9-12-4-2-3-5-13(12)22-14(9)15(19)18-23(20,21)11-6-10(16)7-17-8-11/h2-9,14H,1H3,(H,18,19)/t9-,14-/m0/s1. The second-order valence-corrected chi connectivity index (χ2v) is 7.29. The van der Waals surface area contributed by atoms with Crippen LogP contribution >= 0.6 is 11.6 Å². The van der Waals surface area contributed by atoms with E-state index >= 15 is 0 Å². The predicted octanol–water partition coefficient (Wildman–Crippen LogP) is 2.10. The van der Waals surface area contributed by atoms with Crippen LogP contribution in [0.15, 0.2) is 47.6 Å². The minimum atomic E-state index is -4.06. The third-order valence-electron chi connectivity index (χ3n) is 3.60. The molecule has 0 aliphatic carbocycles. The molecule has 2 aromatic rings. The zero-order valence-corrected chi connectivity index (χ0v) is 13.6. The summed E-state index contributed by atoms with van der Waals surface area (Å²) in [4.78, 5) is 15.9. The Labute approximate surface area is 138 Å². The molecule has 2 atom stereocenters. The summed E-state index contributed by atoms with van der Waals surface area (Å²) in [6, 6.07) is 8.45. The van der Waals surface area contributed by atoms with Crippen molar-refractivity contribution in [3.63, 3.8) is 0 Å². The first-order valence-corrected chi connectivity index (χ1v) is 8.67. The molecule has 1 aromatic carbocycles. The average molecular weight is 353 g/mol. The van der Waals surface area contributed by atoms with Crippen molar-refractivity contribution in [1.82, 2.24) is 9.71 Å². The first-order valence-electron chi connectivity index (χ1n) is 6.81. The number of aromatic nitrogens is 1. The fraction of sp³-hybridized carbons (Fsp3) is 0.200. The molecule has 1 aliphatic heterocycles. The van der Waals surface area contributed by atoms with Crippen molar-refractivity contribution in [3.05, 3.63) is 53.3 Å². The van der Waals surface area contributed by atoms with Gasteiger partial charge in [-0.25, -0.2) is 13.1 Å². The molecule has 0 saturated heterocycles. The molecule has 6 nitrogen and oxygen atoms in total. The van der Waals surface area contributed by atoms with Gasteiger partial charge in [-0.1, -0.05) is 36.7 Å². The van der Waals surface area contributed by atoms with Gasteiger partial charge in [0.15, 0.2) is 6.10 Å². The summed E-state index contributed by atoms with van der Waals surface area (Å²) >= 11 is 5.73. The number of halogens is 1. The molecular weight excluding hydrogens is 340 g/mol. The van der Waals surface area contributed by atoms with Gasteiger partial charge < -0.3 is 4.74 Å². The van der Waals surface area contributed by atoms with E-state index in [-0.39, 0.29) is 15.8 Å². The van der Waals surface area contributed by atoms with Crippen LogP contribution < -0.4 is 9.46 Å².